The van der Waals surface area contributed by atoms with Gasteiger partial charge in [-0.3, -0.25) is 14.3 Å². The Labute approximate surface area is 157 Å². The first-order chi connectivity index (χ1) is 12.9. The Balaban J connectivity index is 1.84. The van der Waals surface area contributed by atoms with E-state index in [-0.39, 0.29) is 24.1 Å². The molecule has 3 rings (SSSR count). The van der Waals surface area contributed by atoms with Crippen molar-refractivity contribution in [1.82, 2.24) is 29.9 Å². The number of aromatic nitrogens is 5. The first-order valence-electron chi connectivity index (χ1n) is 8.96. The first kappa shape index (κ1) is 18.8. The quantitative estimate of drug-likeness (QED) is 0.715. The molecule has 0 saturated carbocycles. The van der Waals surface area contributed by atoms with Gasteiger partial charge in [-0.05, 0) is 25.3 Å². The van der Waals surface area contributed by atoms with E-state index in [1.54, 1.807) is 23.9 Å². The molecule has 0 spiro atoms. The van der Waals surface area contributed by atoms with Crippen LogP contribution in [0.4, 0.5) is 0 Å². The van der Waals surface area contributed by atoms with Gasteiger partial charge in [-0.25, -0.2) is 9.67 Å². The van der Waals surface area contributed by atoms with Crippen LogP contribution in [-0.2, 0) is 18.4 Å². The van der Waals surface area contributed by atoms with Crippen LogP contribution < -0.4 is 10.9 Å². The predicted molar refractivity (Wildman–Crippen MR) is 102 cm³/mol. The largest absolute Gasteiger partial charge is 0.344 e. The molecule has 8 heteroatoms. The van der Waals surface area contributed by atoms with Crippen molar-refractivity contribution in [2.24, 2.45) is 13.0 Å². The smallest absolute Gasteiger partial charge is 0.275 e. The molecule has 0 aliphatic rings. The van der Waals surface area contributed by atoms with Crippen molar-refractivity contribution in [1.29, 1.82) is 0 Å². The minimum absolute atomic E-state index is 0.142. The van der Waals surface area contributed by atoms with Gasteiger partial charge in [0.05, 0.1) is 17.1 Å². The second-order valence-electron chi connectivity index (χ2n) is 7.09. The zero-order chi connectivity index (χ0) is 19.6. The van der Waals surface area contributed by atoms with E-state index in [2.05, 4.69) is 34.3 Å². The summed E-state index contributed by atoms with van der Waals surface area (Å²) in [5.41, 5.74) is 0.440. The van der Waals surface area contributed by atoms with Crippen LogP contribution in [0.15, 0.2) is 35.4 Å². The standard InChI is InChI=1S/C19H24N6O2/c1-12(2)9-16(18-20-11-21-24(18)4)22-17(26)10-25-19(27)15-8-6-5-7-14(15)13(3)23-25/h5-8,11-12,16H,9-10H2,1-4H3,(H,22,26). The molecular formula is C19H24N6O2. The molecule has 0 aliphatic carbocycles. The maximum atomic E-state index is 12.7. The number of carbonyl (C=O) groups excluding carboxylic acids is 1. The van der Waals surface area contributed by atoms with Crippen LogP contribution >= 0.6 is 0 Å². The number of hydrogen-bond donors (Lipinski definition) is 1. The number of hydrogen-bond acceptors (Lipinski definition) is 5. The number of fused-ring (bicyclic) bond motifs is 1. The van der Waals surface area contributed by atoms with Crippen LogP contribution in [0.3, 0.4) is 0 Å². The molecule has 2 aromatic heterocycles. The van der Waals surface area contributed by atoms with Crippen LogP contribution in [0.2, 0.25) is 0 Å². The molecule has 8 nitrogen and oxygen atoms in total. The average Bonchev–Trinajstić information content (AvgIpc) is 3.04. The van der Waals surface area contributed by atoms with E-state index < -0.39 is 0 Å². The summed E-state index contributed by atoms with van der Waals surface area (Å²) < 4.78 is 2.87. The fraction of sp³-hybridized carbons (Fsp3) is 0.421. The summed E-state index contributed by atoms with van der Waals surface area (Å²) in [4.78, 5) is 29.6. The van der Waals surface area contributed by atoms with E-state index in [9.17, 15) is 9.59 Å². The van der Waals surface area contributed by atoms with Crippen molar-refractivity contribution in [3.8, 4) is 0 Å². The van der Waals surface area contributed by atoms with E-state index in [1.165, 1.54) is 11.0 Å². The van der Waals surface area contributed by atoms with Crippen LogP contribution in [0.5, 0.6) is 0 Å². The Kier molecular flexibility index (Phi) is 5.34. The number of aryl methyl sites for hydroxylation is 2. The molecule has 2 heterocycles. The fourth-order valence-corrected chi connectivity index (χ4v) is 3.21. The van der Waals surface area contributed by atoms with Crippen LogP contribution in [0.1, 0.15) is 37.8 Å². The third kappa shape index (κ3) is 4.05. The van der Waals surface area contributed by atoms with Gasteiger partial charge >= 0.3 is 0 Å². The Morgan fingerprint density at radius 1 is 1.22 bits per heavy atom. The van der Waals surface area contributed by atoms with Gasteiger partial charge in [0.2, 0.25) is 5.91 Å². The van der Waals surface area contributed by atoms with Gasteiger partial charge in [0.1, 0.15) is 18.7 Å². The second kappa shape index (κ2) is 7.69. The summed E-state index contributed by atoms with van der Waals surface area (Å²) >= 11 is 0. The third-order valence-corrected chi connectivity index (χ3v) is 4.45. The van der Waals surface area contributed by atoms with Gasteiger partial charge in [0.25, 0.3) is 5.56 Å². The molecule has 27 heavy (non-hydrogen) atoms. The minimum Gasteiger partial charge on any atom is -0.344 e. The number of rotatable bonds is 6. The van der Waals surface area contributed by atoms with Gasteiger partial charge < -0.3 is 5.32 Å². The summed E-state index contributed by atoms with van der Waals surface area (Å²) in [6, 6.07) is 7.01. The number of benzene rings is 1. The van der Waals surface area contributed by atoms with E-state index in [0.717, 1.165) is 11.8 Å². The van der Waals surface area contributed by atoms with E-state index in [4.69, 9.17) is 0 Å². The third-order valence-electron chi connectivity index (χ3n) is 4.45. The lowest BCUT2D eigenvalue weighted by molar-refractivity contribution is -0.122. The van der Waals surface area contributed by atoms with Crippen molar-refractivity contribution < 1.29 is 4.79 Å². The van der Waals surface area contributed by atoms with E-state index in [0.29, 0.717) is 22.8 Å². The molecule has 0 saturated heterocycles. The molecule has 1 unspecified atom stereocenters. The highest BCUT2D eigenvalue weighted by molar-refractivity contribution is 5.83. The summed E-state index contributed by atoms with van der Waals surface area (Å²) in [7, 11) is 1.79. The highest BCUT2D eigenvalue weighted by Gasteiger charge is 2.21. The molecule has 1 aromatic carbocycles. The summed E-state index contributed by atoms with van der Waals surface area (Å²) in [6.07, 6.45) is 2.19. The zero-order valence-corrected chi connectivity index (χ0v) is 16.0. The zero-order valence-electron chi connectivity index (χ0n) is 16.0. The second-order valence-corrected chi connectivity index (χ2v) is 7.09. The summed E-state index contributed by atoms with van der Waals surface area (Å²) in [6.45, 7) is 5.84. The van der Waals surface area contributed by atoms with Crippen LogP contribution in [0.25, 0.3) is 10.8 Å². The molecule has 0 radical (unpaired) electrons. The van der Waals surface area contributed by atoms with E-state index in [1.807, 2.05) is 19.1 Å². The number of carbonyl (C=O) groups is 1. The maximum Gasteiger partial charge on any atom is 0.275 e. The van der Waals surface area contributed by atoms with Crippen molar-refractivity contribution >= 4 is 16.7 Å². The molecule has 0 fully saturated rings. The van der Waals surface area contributed by atoms with Crippen molar-refractivity contribution in [3.05, 3.63) is 52.5 Å². The SMILES string of the molecule is Cc1nn(CC(=O)NC(CC(C)C)c2ncnn2C)c(=O)c2ccccc12. The van der Waals surface area contributed by atoms with Gasteiger partial charge in [0.15, 0.2) is 0 Å². The molecule has 1 N–H and O–H groups in total. The predicted octanol–water partition coefficient (Wildman–Crippen LogP) is 1.74. The highest BCUT2D eigenvalue weighted by Crippen LogP contribution is 2.19. The molecule has 3 aromatic rings. The van der Waals surface area contributed by atoms with Gasteiger partial charge in [-0.15, -0.1) is 0 Å². The first-order valence-corrected chi connectivity index (χ1v) is 8.96. The van der Waals surface area contributed by atoms with Gasteiger partial charge in [-0.1, -0.05) is 32.0 Å². The number of nitrogens with zero attached hydrogens (tertiary/aromatic N) is 5. The molecule has 142 valence electrons. The number of amides is 1. The lowest BCUT2D eigenvalue weighted by atomic mass is 10.0. The van der Waals surface area contributed by atoms with Crippen molar-refractivity contribution in [2.75, 3.05) is 0 Å². The van der Waals surface area contributed by atoms with Crippen molar-refractivity contribution in [2.45, 2.75) is 39.8 Å². The Morgan fingerprint density at radius 3 is 2.56 bits per heavy atom. The molecule has 0 aliphatic heterocycles. The summed E-state index contributed by atoms with van der Waals surface area (Å²) in [5, 5.41) is 12.7. The highest BCUT2D eigenvalue weighted by atomic mass is 16.2. The molecule has 1 atom stereocenters. The van der Waals surface area contributed by atoms with E-state index >= 15 is 0 Å². The van der Waals surface area contributed by atoms with Gasteiger partial charge in [0, 0.05) is 12.4 Å². The lowest BCUT2D eigenvalue weighted by Gasteiger charge is -2.20. The molecule has 0 bridgehead atoms. The maximum absolute atomic E-state index is 12.7. The Bertz CT molecular complexity index is 1020. The fourth-order valence-electron chi connectivity index (χ4n) is 3.21. The number of nitrogens with one attached hydrogen (secondary N) is 1. The van der Waals surface area contributed by atoms with Crippen LogP contribution in [-0.4, -0.2) is 30.5 Å². The normalized spacial score (nSPS) is 12.5. The Morgan fingerprint density at radius 2 is 1.93 bits per heavy atom. The minimum atomic E-state index is -0.284. The molecular weight excluding hydrogens is 344 g/mol. The molecule has 1 amide bonds. The Hall–Kier alpha value is -3.03. The topological polar surface area (TPSA) is 94.7 Å². The monoisotopic (exact) mass is 368 g/mol. The van der Waals surface area contributed by atoms with Crippen LogP contribution in [0, 0.1) is 12.8 Å². The van der Waals surface area contributed by atoms with Crippen molar-refractivity contribution in [3.63, 3.8) is 0 Å². The lowest BCUT2D eigenvalue weighted by Crippen LogP contribution is -2.37. The van der Waals surface area contributed by atoms with Gasteiger partial charge in [-0.2, -0.15) is 10.2 Å². The summed E-state index contributed by atoms with van der Waals surface area (Å²) in [5.74, 6) is 0.760. The average molecular weight is 368 g/mol.